The fourth-order valence-electron chi connectivity index (χ4n) is 4.47. The lowest BCUT2D eigenvalue weighted by molar-refractivity contribution is -0.141. The Labute approximate surface area is 200 Å². The number of ether oxygens (including phenoxy) is 1. The summed E-state index contributed by atoms with van der Waals surface area (Å²) in [5.74, 6) is -1.64. The number of aromatic nitrogens is 2. The van der Waals surface area contributed by atoms with Crippen molar-refractivity contribution < 1.29 is 23.8 Å². The lowest BCUT2D eigenvalue weighted by Crippen LogP contribution is -2.45. The summed E-state index contributed by atoms with van der Waals surface area (Å²) in [4.78, 5) is 52.0. The Hall–Kier alpha value is -3.86. The molecule has 1 atom stereocenters. The maximum Gasteiger partial charge on any atom is 0.328 e. The highest BCUT2D eigenvalue weighted by Crippen LogP contribution is 2.34. The third-order valence-electron chi connectivity index (χ3n) is 6.55. The summed E-state index contributed by atoms with van der Waals surface area (Å²) in [6.45, 7) is 2.68. The fraction of sp³-hybridized carbons (Fsp3) is 0.417. The van der Waals surface area contributed by atoms with Gasteiger partial charge in [-0.3, -0.25) is 28.4 Å². The van der Waals surface area contributed by atoms with Crippen LogP contribution in [0.15, 0.2) is 38.3 Å². The number of carbonyl (C=O) groups is 2. The molecular formula is C24H28N4O7. The summed E-state index contributed by atoms with van der Waals surface area (Å²) in [6, 6.07) is 6.47. The minimum Gasteiger partial charge on any atom is -0.502 e. The van der Waals surface area contributed by atoms with Crippen molar-refractivity contribution in [3.05, 3.63) is 62.1 Å². The minimum absolute atomic E-state index is 0.0373. The van der Waals surface area contributed by atoms with E-state index in [0.717, 1.165) is 6.41 Å². The normalized spacial score (nSPS) is 15.3. The highest BCUT2D eigenvalue weighted by Gasteiger charge is 2.28. The molecule has 0 bridgehead atoms. The first-order valence-corrected chi connectivity index (χ1v) is 11.2. The first-order chi connectivity index (χ1) is 16.7. The molecule has 2 aromatic heterocycles. The van der Waals surface area contributed by atoms with E-state index >= 15 is 0 Å². The number of methoxy groups -OCH3 is 1. The molecule has 1 unspecified atom stereocenters. The Morgan fingerprint density at radius 3 is 2.46 bits per heavy atom. The average Bonchev–Trinajstić information content (AvgIpc) is 3.08. The van der Waals surface area contributed by atoms with Crippen molar-refractivity contribution in [2.75, 3.05) is 33.3 Å². The number of nitrogens with zero attached hydrogens (tertiary/aromatic N) is 4. The van der Waals surface area contributed by atoms with Crippen molar-refractivity contribution in [1.82, 2.24) is 18.9 Å². The van der Waals surface area contributed by atoms with Crippen LogP contribution in [-0.4, -0.2) is 69.7 Å². The second-order valence-corrected chi connectivity index (χ2v) is 8.69. The Morgan fingerprint density at radius 1 is 1.11 bits per heavy atom. The molecule has 11 nitrogen and oxygen atoms in total. The molecule has 1 N–H and O–H groups in total. The van der Waals surface area contributed by atoms with Crippen LogP contribution in [0.1, 0.15) is 29.4 Å². The Kier molecular flexibility index (Phi) is 6.79. The number of aromatic hydroxyl groups is 1. The van der Waals surface area contributed by atoms with Crippen LogP contribution in [0.2, 0.25) is 0 Å². The first-order valence-electron chi connectivity index (χ1n) is 11.2. The Balaban J connectivity index is 1.75. The van der Waals surface area contributed by atoms with E-state index in [1.165, 1.54) is 22.3 Å². The molecule has 1 aromatic carbocycles. The summed E-state index contributed by atoms with van der Waals surface area (Å²) in [6.07, 6.45) is 0.633. The van der Waals surface area contributed by atoms with E-state index in [9.17, 15) is 24.3 Å². The molecule has 186 valence electrons. The number of imidazole rings is 1. The van der Waals surface area contributed by atoms with Crippen molar-refractivity contribution in [1.29, 1.82) is 0 Å². The molecule has 0 radical (unpaired) electrons. The van der Waals surface area contributed by atoms with Gasteiger partial charge in [-0.25, -0.2) is 4.79 Å². The predicted octanol–water partition coefficient (Wildman–Crippen LogP) is 0.505. The van der Waals surface area contributed by atoms with E-state index in [1.807, 2.05) is 4.90 Å². The monoisotopic (exact) mass is 484 g/mol. The molecule has 0 saturated carbocycles. The van der Waals surface area contributed by atoms with Crippen molar-refractivity contribution in [2.45, 2.75) is 18.9 Å². The van der Waals surface area contributed by atoms with Crippen LogP contribution in [0.5, 0.6) is 5.75 Å². The van der Waals surface area contributed by atoms with Crippen molar-refractivity contribution in [2.24, 2.45) is 14.1 Å². The van der Waals surface area contributed by atoms with Gasteiger partial charge in [0.15, 0.2) is 5.76 Å². The van der Waals surface area contributed by atoms with Crippen molar-refractivity contribution in [3.63, 3.8) is 0 Å². The third-order valence-corrected chi connectivity index (χ3v) is 6.55. The van der Waals surface area contributed by atoms with Gasteiger partial charge in [0.05, 0.1) is 37.0 Å². The molecule has 1 amide bonds. The molecule has 1 aliphatic rings. The summed E-state index contributed by atoms with van der Waals surface area (Å²) >= 11 is 0. The molecule has 3 heterocycles. The van der Waals surface area contributed by atoms with Gasteiger partial charge in [0.1, 0.15) is 5.76 Å². The number of amides is 1. The molecule has 4 rings (SSSR count). The summed E-state index contributed by atoms with van der Waals surface area (Å²) in [7, 11) is 4.57. The topological polar surface area (TPSA) is 127 Å². The van der Waals surface area contributed by atoms with Gasteiger partial charge in [-0.2, -0.15) is 0 Å². The van der Waals surface area contributed by atoms with Gasteiger partial charge < -0.3 is 19.2 Å². The van der Waals surface area contributed by atoms with Crippen LogP contribution in [0.4, 0.5) is 0 Å². The molecule has 0 aliphatic carbocycles. The van der Waals surface area contributed by atoms with E-state index < -0.39 is 23.1 Å². The lowest BCUT2D eigenvalue weighted by Gasteiger charge is -2.32. The Bertz CT molecular complexity index is 1380. The molecule has 1 saturated heterocycles. The maximum absolute atomic E-state index is 12.7. The SMILES string of the molecule is COC(=O)CC(c1ccc2c(c1)n(C)c(=O)n2C)c1oc(CN2CCN(C=O)CC2)cc(=O)c1O. The van der Waals surface area contributed by atoms with E-state index in [-0.39, 0.29) is 17.9 Å². The van der Waals surface area contributed by atoms with Crippen molar-refractivity contribution >= 4 is 23.4 Å². The predicted molar refractivity (Wildman–Crippen MR) is 126 cm³/mol. The number of aryl methyl sites for hydroxylation is 2. The van der Waals surface area contributed by atoms with E-state index in [4.69, 9.17) is 9.15 Å². The fourth-order valence-corrected chi connectivity index (χ4v) is 4.47. The molecule has 1 fully saturated rings. The van der Waals surface area contributed by atoms with Gasteiger partial charge in [-0.1, -0.05) is 6.07 Å². The number of carbonyl (C=O) groups excluding carboxylic acids is 2. The zero-order valence-electron chi connectivity index (χ0n) is 19.9. The smallest absolute Gasteiger partial charge is 0.328 e. The van der Waals surface area contributed by atoms with Crippen LogP contribution in [-0.2, 0) is 35.0 Å². The first kappa shape index (κ1) is 24.3. The number of fused-ring (bicyclic) bond motifs is 1. The highest BCUT2D eigenvalue weighted by molar-refractivity contribution is 5.78. The molecular weight excluding hydrogens is 456 g/mol. The quantitative estimate of drug-likeness (QED) is 0.380. The molecule has 3 aromatic rings. The van der Waals surface area contributed by atoms with E-state index in [0.29, 0.717) is 55.1 Å². The average molecular weight is 485 g/mol. The maximum atomic E-state index is 12.7. The number of hydrogen-bond acceptors (Lipinski definition) is 8. The molecule has 0 spiro atoms. The molecule has 11 heteroatoms. The van der Waals surface area contributed by atoms with Gasteiger partial charge in [0.25, 0.3) is 0 Å². The van der Waals surface area contributed by atoms with Crippen LogP contribution in [0.3, 0.4) is 0 Å². The number of esters is 1. The Morgan fingerprint density at radius 2 is 1.80 bits per heavy atom. The van der Waals surface area contributed by atoms with Crippen LogP contribution >= 0.6 is 0 Å². The zero-order chi connectivity index (χ0) is 25.3. The lowest BCUT2D eigenvalue weighted by atomic mass is 9.91. The number of benzene rings is 1. The second-order valence-electron chi connectivity index (χ2n) is 8.69. The van der Waals surface area contributed by atoms with Crippen LogP contribution < -0.4 is 11.1 Å². The van der Waals surface area contributed by atoms with Crippen LogP contribution in [0, 0.1) is 0 Å². The third kappa shape index (κ3) is 4.72. The van der Waals surface area contributed by atoms with Crippen molar-refractivity contribution in [3.8, 4) is 5.75 Å². The minimum atomic E-state index is -0.818. The summed E-state index contributed by atoms with van der Waals surface area (Å²) in [5, 5.41) is 10.7. The number of rotatable bonds is 7. The van der Waals surface area contributed by atoms with Gasteiger partial charge in [-0.05, 0) is 17.7 Å². The molecule has 35 heavy (non-hydrogen) atoms. The zero-order valence-corrected chi connectivity index (χ0v) is 19.9. The van der Waals surface area contributed by atoms with Gasteiger partial charge in [0.2, 0.25) is 17.6 Å². The second kappa shape index (κ2) is 9.79. The molecule has 1 aliphatic heterocycles. The van der Waals surface area contributed by atoms with Crippen LogP contribution in [0.25, 0.3) is 11.0 Å². The van der Waals surface area contributed by atoms with E-state index in [1.54, 1.807) is 37.2 Å². The van der Waals surface area contributed by atoms with E-state index in [2.05, 4.69) is 0 Å². The summed E-state index contributed by atoms with van der Waals surface area (Å²) < 4.78 is 13.9. The standard InChI is InChI=1S/C24H28N4O7/c1-25-18-5-4-15(10-19(18)26(2)24(25)33)17(12-21(31)34-3)23-22(32)20(30)11-16(35-23)13-27-6-8-28(14-29)9-7-27/h4-5,10-11,14,17,32H,6-9,12-13H2,1-3H3. The summed E-state index contributed by atoms with van der Waals surface area (Å²) in [5.41, 5.74) is 1.10. The largest absolute Gasteiger partial charge is 0.502 e. The number of hydrogen-bond donors (Lipinski definition) is 1. The van der Waals surface area contributed by atoms with Gasteiger partial charge in [-0.15, -0.1) is 0 Å². The number of piperazine rings is 1. The van der Waals surface area contributed by atoms with Gasteiger partial charge in [0, 0.05) is 46.3 Å². The van der Waals surface area contributed by atoms with Gasteiger partial charge >= 0.3 is 11.7 Å². The highest BCUT2D eigenvalue weighted by atomic mass is 16.5.